The number of fused-ring (bicyclic) bond motifs is 1. The van der Waals surface area contributed by atoms with Crippen LogP contribution in [0.25, 0.3) is 0 Å². The molecule has 31 heavy (non-hydrogen) atoms. The fourth-order valence-corrected chi connectivity index (χ4v) is 4.84. The summed E-state index contributed by atoms with van der Waals surface area (Å²) in [7, 11) is 1.68. The standard InChI is InChI=1S/C22H41N7O.HI/c1-5-17(6-2)19(28-12-8-9-13-28)14-24-22(23-7-3)25-18-10-11-21-26-20(16-30-4)27-29(21)15-18;/h17-19H,5-16H2,1-4H3,(H2,23,24,25);1H. The second kappa shape index (κ2) is 13.6. The van der Waals surface area contributed by atoms with E-state index in [9.17, 15) is 0 Å². The van der Waals surface area contributed by atoms with Gasteiger partial charge >= 0.3 is 0 Å². The highest BCUT2D eigenvalue weighted by atomic mass is 127. The predicted molar refractivity (Wildman–Crippen MR) is 136 cm³/mol. The Morgan fingerprint density at radius 1 is 1.23 bits per heavy atom. The number of aromatic nitrogens is 3. The number of halogens is 1. The Labute approximate surface area is 205 Å². The zero-order chi connectivity index (χ0) is 21.3. The van der Waals surface area contributed by atoms with E-state index in [2.05, 4.69) is 46.4 Å². The predicted octanol–water partition coefficient (Wildman–Crippen LogP) is 2.81. The Hall–Kier alpha value is -0.940. The van der Waals surface area contributed by atoms with Crippen LogP contribution in [0.15, 0.2) is 4.99 Å². The van der Waals surface area contributed by atoms with Crippen molar-refractivity contribution >= 4 is 29.9 Å². The highest BCUT2D eigenvalue weighted by Crippen LogP contribution is 2.23. The maximum absolute atomic E-state index is 5.18. The molecule has 2 N–H and O–H groups in total. The number of ether oxygens (including phenoxy) is 1. The van der Waals surface area contributed by atoms with E-state index in [1.54, 1.807) is 7.11 Å². The summed E-state index contributed by atoms with van der Waals surface area (Å²) < 4.78 is 7.20. The summed E-state index contributed by atoms with van der Waals surface area (Å²) in [5.41, 5.74) is 0. The van der Waals surface area contributed by atoms with E-state index < -0.39 is 0 Å². The molecular weight excluding hydrogens is 505 g/mol. The van der Waals surface area contributed by atoms with Gasteiger partial charge in [-0.15, -0.1) is 24.0 Å². The molecular formula is C22H42IN7O. The number of methoxy groups -OCH3 is 1. The summed E-state index contributed by atoms with van der Waals surface area (Å²) in [4.78, 5) is 12.3. The maximum Gasteiger partial charge on any atom is 0.191 e. The molecule has 1 aromatic rings. The molecule has 2 aliphatic heterocycles. The average molecular weight is 548 g/mol. The summed E-state index contributed by atoms with van der Waals surface area (Å²) in [6.07, 6.45) is 7.06. The van der Waals surface area contributed by atoms with Crippen molar-refractivity contribution in [2.24, 2.45) is 10.9 Å². The third-order valence-corrected chi connectivity index (χ3v) is 6.50. The second-order valence-corrected chi connectivity index (χ2v) is 8.55. The zero-order valence-electron chi connectivity index (χ0n) is 19.8. The van der Waals surface area contributed by atoms with Crippen molar-refractivity contribution in [2.45, 2.75) is 84.5 Å². The Balaban J connectivity index is 0.00000341. The van der Waals surface area contributed by atoms with Crippen molar-refractivity contribution < 1.29 is 4.74 Å². The molecule has 0 aromatic carbocycles. The molecule has 0 saturated carbocycles. The number of nitrogens with zero attached hydrogens (tertiary/aromatic N) is 5. The minimum atomic E-state index is 0. The van der Waals surface area contributed by atoms with Crippen LogP contribution in [-0.2, 0) is 24.3 Å². The Morgan fingerprint density at radius 3 is 2.61 bits per heavy atom. The largest absolute Gasteiger partial charge is 0.377 e. The Morgan fingerprint density at radius 2 is 1.97 bits per heavy atom. The molecule has 1 saturated heterocycles. The lowest BCUT2D eigenvalue weighted by atomic mass is 9.93. The van der Waals surface area contributed by atoms with E-state index in [4.69, 9.17) is 9.73 Å². The number of hydrogen-bond donors (Lipinski definition) is 2. The van der Waals surface area contributed by atoms with Crippen LogP contribution in [0.3, 0.4) is 0 Å². The molecule has 2 aliphatic rings. The molecule has 0 radical (unpaired) electrons. The lowest BCUT2D eigenvalue weighted by Gasteiger charge is -2.33. The molecule has 8 nitrogen and oxygen atoms in total. The summed E-state index contributed by atoms with van der Waals surface area (Å²) >= 11 is 0. The molecule has 0 aliphatic carbocycles. The minimum Gasteiger partial charge on any atom is -0.377 e. The van der Waals surface area contributed by atoms with Crippen LogP contribution < -0.4 is 10.6 Å². The molecule has 178 valence electrons. The van der Waals surface area contributed by atoms with Crippen molar-refractivity contribution in [1.82, 2.24) is 30.3 Å². The molecule has 0 bridgehead atoms. The summed E-state index contributed by atoms with van der Waals surface area (Å²) in [5, 5.41) is 11.7. The normalized spacial score (nSPS) is 20.4. The van der Waals surface area contributed by atoms with Crippen molar-refractivity contribution in [3.63, 3.8) is 0 Å². The number of rotatable bonds is 10. The third kappa shape index (κ3) is 7.28. The molecule has 2 unspecified atom stereocenters. The number of nitrogens with one attached hydrogen (secondary N) is 2. The molecule has 2 atom stereocenters. The van der Waals surface area contributed by atoms with Gasteiger partial charge in [0.1, 0.15) is 12.4 Å². The highest BCUT2D eigenvalue weighted by Gasteiger charge is 2.28. The van der Waals surface area contributed by atoms with E-state index in [-0.39, 0.29) is 24.0 Å². The van der Waals surface area contributed by atoms with Gasteiger partial charge in [-0.3, -0.25) is 9.89 Å². The van der Waals surface area contributed by atoms with Gasteiger partial charge in [-0.1, -0.05) is 26.7 Å². The average Bonchev–Trinajstić information content (AvgIpc) is 3.40. The first-order valence-electron chi connectivity index (χ1n) is 11.9. The number of aliphatic imine (C=N–C) groups is 1. The molecule has 0 spiro atoms. The van der Waals surface area contributed by atoms with Crippen molar-refractivity contribution in [1.29, 1.82) is 0 Å². The first kappa shape index (κ1) is 26.3. The summed E-state index contributed by atoms with van der Waals surface area (Å²) in [6, 6.07) is 0.855. The molecule has 0 amide bonds. The van der Waals surface area contributed by atoms with Crippen LogP contribution in [-0.4, -0.2) is 71.0 Å². The smallest absolute Gasteiger partial charge is 0.191 e. The highest BCUT2D eigenvalue weighted by molar-refractivity contribution is 14.0. The van der Waals surface area contributed by atoms with Crippen molar-refractivity contribution in [2.75, 3.05) is 33.3 Å². The van der Waals surface area contributed by atoms with Gasteiger partial charge in [0.15, 0.2) is 11.8 Å². The molecule has 9 heteroatoms. The van der Waals surface area contributed by atoms with Crippen LogP contribution in [0.1, 0.15) is 64.5 Å². The van der Waals surface area contributed by atoms with E-state index in [1.807, 2.05) is 4.68 Å². The van der Waals surface area contributed by atoms with Gasteiger partial charge in [-0.25, -0.2) is 9.67 Å². The summed E-state index contributed by atoms with van der Waals surface area (Å²) in [6.45, 7) is 12.2. The Kier molecular flexibility index (Phi) is 11.5. The molecule has 1 aromatic heterocycles. The molecule has 3 rings (SSSR count). The van der Waals surface area contributed by atoms with Crippen LogP contribution in [0.5, 0.6) is 0 Å². The number of guanidine groups is 1. The van der Waals surface area contributed by atoms with Crippen LogP contribution in [0, 0.1) is 5.92 Å². The minimum absolute atomic E-state index is 0. The van der Waals surface area contributed by atoms with Gasteiger partial charge in [0.05, 0.1) is 13.1 Å². The first-order valence-corrected chi connectivity index (χ1v) is 11.9. The van der Waals surface area contributed by atoms with Crippen LogP contribution in [0.4, 0.5) is 0 Å². The SMILES string of the molecule is CCNC(=NCC(C(CC)CC)N1CCCC1)NC1CCc2nc(COC)nn2C1.I. The molecule has 1 fully saturated rings. The fourth-order valence-electron chi connectivity index (χ4n) is 4.84. The fraction of sp³-hybridized carbons (Fsp3) is 0.864. The first-order chi connectivity index (χ1) is 14.7. The van der Waals surface area contributed by atoms with Crippen LogP contribution >= 0.6 is 24.0 Å². The number of hydrogen-bond acceptors (Lipinski definition) is 5. The van der Waals surface area contributed by atoms with Gasteiger partial charge in [0.25, 0.3) is 0 Å². The quantitative estimate of drug-likeness (QED) is 0.267. The van der Waals surface area contributed by atoms with Gasteiger partial charge < -0.3 is 15.4 Å². The van der Waals surface area contributed by atoms with Gasteiger partial charge in [0.2, 0.25) is 0 Å². The second-order valence-electron chi connectivity index (χ2n) is 8.55. The van der Waals surface area contributed by atoms with E-state index in [0.29, 0.717) is 24.6 Å². The third-order valence-electron chi connectivity index (χ3n) is 6.50. The molecule has 3 heterocycles. The lowest BCUT2D eigenvalue weighted by Crippen LogP contribution is -2.48. The van der Waals surface area contributed by atoms with Crippen molar-refractivity contribution in [3.05, 3.63) is 11.6 Å². The number of aryl methyl sites for hydroxylation is 1. The lowest BCUT2D eigenvalue weighted by molar-refractivity contribution is 0.171. The van der Waals surface area contributed by atoms with Crippen molar-refractivity contribution in [3.8, 4) is 0 Å². The Bertz CT molecular complexity index is 669. The van der Waals surface area contributed by atoms with Gasteiger partial charge in [-0.05, 0) is 45.2 Å². The monoisotopic (exact) mass is 547 g/mol. The van der Waals surface area contributed by atoms with Crippen LogP contribution in [0.2, 0.25) is 0 Å². The summed E-state index contributed by atoms with van der Waals surface area (Å²) in [5.74, 6) is 3.47. The van der Waals surface area contributed by atoms with E-state index in [0.717, 1.165) is 50.1 Å². The topological polar surface area (TPSA) is 79.6 Å². The maximum atomic E-state index is 5.18. The number of likely N-dealkylation sites (tertiary alicyclic amines) is 1. The van der Waals surface area contributed by atoms with Gasteiger partial charge in [-0.2, -0.15) is 5.10 Å². The van der Waals surface area contributed by atoms with E-state index in [1.165, 1.54) is 38.8 Å². The van der Waals surface area contributed by atoms with E-state index >= 15 is 0 Å². The zero-order valence-corrected chi connectivity index (χ0v) is 22.1. The van der Waals surface area contributed by atoms with Gasteiger partial charge in [0, 0.05) is 32.2 Å².